The van der Waals surface area contributed by atoms with Gasteiger partial charge in [-0.3, -0.25) is 0 Å². The number of hydrogen-bond donors (Lipinski definition) is 0. The zero-order valence-electron chi connectivity index (χ0n) is 8.08. The Bertz CT molecular complexity index is 111. The van der Waals surface area contributed by atoms with Gasteiger partial charge in [0.2, 0.25) is 0 Å². The van der Waals surface area contributed by atoms with E-state index in [0.29, 0.717) is 6.10 Å². The molecule has 0 bridgehead atoms. The molecular formula is C9H19NO2. The number of rotatable bonds is 5. The summed E-state index contributed by atoms with van der Waals surface area (Å²) in [5.41, 5.74) is 0. The van der Waals surface area contributed by atoms with Crippen molar-refractivity contribution >= 4 is 0 Å². The molecule has 1 heterocycles. The molecule has 0 aliphatic carbocycles. The molecule has 1 fully saturated rings. The van der Waals surface area contributed by atoms with Crippen LogP contribution in [0.5, 0.6) is 0 Å². The second-order valence-electron chi connectivity index (χ2n) is 3.51. The minimum Gasteiger partial charge on any atom is -0.377 e. The predicted molar refractivity (Wildman–Crippen MR) is 48.3 cm³/mol. The molecule has 3 heteroatoms. The topological polar surface area (TPSA) is 21.7 Å². The molecule has 0 radical (unpaired) electrons. The fourth-order valence-electron chi connectivity index (χ4n) is 1.24. The highest BCUT2D eigenvalue weighted by Crippen LogP contribution is 2.11. The molecule has 3 nitrogen and oxygen atoms in total. The molecule has 0 aromatic heterocycles. The summed E-state index contributed by atoms with van der Waals surface area (Å²) in [5, 5.41) is 0. The van der Waals surface area contributed by atoms with Gasteiger partial charge in [0, 0.05) is 13.2 Å². The van der Waals surface area contributed by atoms with Crippen LogP contribution in [0.3, 0.4) is 0 Å². The second kappa shape index (κ2) is 5.51. The predicted octanol–water partition coefficient (Wildman–Crippen LogP) is 0.744. The lowest BCUT2D eigenvalue weighted by Crippen LogP contribution is -2.21. The van der Waals surface area contributed by atoms with Gasteiger partial charge in [0.15, 0.2) is 0 Å². The summed E-state index contributed by atoms with van der Waals surface area (Å²) in [5.74, 6) is 0. The van der Waals surface area contributed by atoms with Crippen molar-refractivity contribution < 1.29 is 9.47 Å². The zero-order valence-corrected chi connectivity index (χ0v) is 8.08. The van der Waals surface area contributed by atoms with Crippen molar-refractivity contribution in [3.63, 3.8) is 0 Å². The number of ether oxygens (including phenoxy) is 2. The minimum atomic E-state index is 0.368. The van der Waals surface area contributed by atoms with Crippen molar-refractivity contribution in [1.82, 2.24) is 4.90 Å². The first-order valence-corrected chi connectivity index (χ1v) is 4.63. The van der Waals surface area contributed by atoms with Crippen LogP contribution >= 0.6 is 0 Å². The molecule has 12 heavy (non-hydrogen) atoms. The van der Waals surface area contributed by atoms with E-state index in [9.17, 15) is 0 Å². The van der Waals surface area contributed by atoms with Gasteiger partial charge in [-0.05, 0) is 26.9 Å². The molecule has 0 N–H and O–H groups in total. The van der Waals surface area contributed by atoms with Gasteiger partial charge in [-0.15, -0.1) is 0 Å². The van der Waals surface area contributed by atoms with Crippen LogP contribution in [-0.2, 0) is 9.47 Å². The van der Waals surface area contributed by atoms with Crippen molar-refractivity contribution in [1.29, 1.82) is 0 Å². The summed E-state index contributed by atoms with van der Waals surface area (Å²) in [7, 11) is 4.10. The van der Waals surface area contributed by atoms with E-state index < -0.39 is 0 Å². The molecule has 72 valence electrons. The fourth-order valence-corrected chi connectivity index (χ4v) is 1.24. The summed E-state index contributed by atoms with van der Waals surface area (Å²) in [6.07, 6.45) is 2.73. The van der Waals surface area contributed by atoms with Gasteiger partial charge in [0.1, 0.15) is 0 Å². The van der Waals surface area contributed by atoms with E-state index in [0.717, 1.165) is 26.4 Å². The highest BCUT2D eigenvalue weighted by molar-refractivity contribution is 4.63. The van der Waals surface area contributed by atoms with Crippen LogP contribution in [0.4, 0.5) is 0 Å². The second-order valence-corrected chi connectivity index (χ2v) is 3.51. The normalized spacial score (nSPS) is 23.8. The van der Waals surface area contributed by atoms with Gasteiger partial charge in [0.25, 0.3) is 0 Å². The fraction of sp³-hybridized carbons (Fsp3) is 1.00. The molecular weight excluding hydrogens is 154 g/mol. The first-order chi connectivity index (χ1) is 5.79. The van der Waals surface area contributed by atoms with Gasteiger partial charge < -0.3 is 14.4 Å². The molecule has 1 aliphatic rings. The average molecular weight is 173 g/mol. The third-order valence-corrected chi connectivity index (χ3v) is 2.01. The number of nitrogens with zero attached hydrogens (tertiary/aromatic N) is 1. The summed E-state index contributed by atoms with van der Waals surface area (Å²) in [6.45, 7) is 3.50. The molecule has 1 saturated heterocycles. The summed E-state index contributed by atoms with van der Waals surface area (Å²) in [4.78, 5) is 2.12. The van der Waals surface area contributed by atoms with E-state index in [1.165, 1.54) is 12.8 Å². The first kappa shape index (κ1) is 9.96. The number of likely N-dealkylation sites (N-methyl/N-ethyl adjacent to an activating group) is 1. The van der Waals surface area contributed by atoms with E-state index in [4.69, 9.17) is 9.47 Å². The summed E-state index contributed by atoms with van der Waals surface area (Å²) in [6, 6.07) is 0. The maximum atomic E-state index is 5.46. The van der Waals surface area contributed by atoms with Crippen LogP contribution in [0.1, 0.15) is 12.8 Å². The smallest absolute Gasteiger partial charge is 0.0809 e. The van der Waals surface area contributed by atoms with Crippen LogP contribution in [-0.4, -0.2) is 51.5 Å². The molecule has 1 atom stereocenters. The first-order valence-electron chi connectivity index (χ1n) is 4.63. The van der Waals surface area contributed by atoms with Gasteiger partial charge in [0.05, 0.1) is 19.3 Å². The third kappa shape index (κ3) is 4.04. The number of hydrogen-bond acceptors (Lipinski definition) is 3. The maximum absolute atomic E-state index is 5.46. The monoisotopic (exact) mass is 173 g/mol. The molecule has 0 aromatic rings. The van der Waals surface area contributed by atoms with Crippen molar-refractivity contribution in [3.05, 3.63) is 0 Å². The molecule has 1 unspecified atom stereocenters. The Morgan fingerprint density at radius 1 is 1.50 bits per heavy atom. The Hall–Kier alpha value is -0.120. The standard InChI is InChI=1S/C9H19NO2/c1-10(2)5-7-11-8-9-4-3-6-12-9/h9H,3-8H2,1-2H3. The molecule has 0 spiro atoms. The van der Waals surface area contributed by atoms with Crippen molar-refractivity contribution in [2.75, 3.05) is 40.5 Å². The quantitative estimate of drug-likeness (QED) is 0.572. The largest absolute Gasteiger partial charge is 0.377 e. The van der Waals surface area contributed by atoms with E-state index >= 15 is 0 Å². The highest BCUT2D eigenvalue weighted by Gasteiger charge is 2.14. The van der Waals surface area contributed by atoms with Crippen LogP contribution in [0.15, 0.2) is 0 Å². The zero-order chi connectivity index (χ0) is 8.81. The molecule has 0 aromatic carbocycles. The SMILES string of the molecule is CN(C)CCOCC1CCCO1. The van der Waals surface area contributed by atoms with Crippen molar-refractivity contribution in [3.8, 4) is 0 Å². The molecule has 0 saturated carbocycles. The third-order valence-electron chi connectivity index (χ3n) is 2.01. The average Bonchev–Trinajstić information content (AvgIpc) is 2.49. The minimum absolute atomic E-state index is 0.368. The van der Waals surface area contributed by atoms with Gasteiger partial charge in [-0.1, -0.05) is 0 Å². The Morgan fingerprint density at radius 3 is 2.92 bits per heavy atom. The molecule has 1 aliphatic heterocycles. The van der Waals surface area contributed by atoms with Crippen molar-refractivity contribution in [2.24, 2.45) is 0 Å². The van der Waals surface area contributed by atoms with E-state index in [1.54, 1.807) is 0 Å². The summed E-state index contributed by atoms with van der Waals surface area (Å²) < 4.78 is 10.9. The van der Waals surface area contributed by atoms with E-state index in [1.807, 2.05) is 0 Å². The van der Waals surface area contributed by atoms with Gasteiger partial charge in [-0.2, -0.15) is 0 Å². The molecule has 1 rings (SSSR count). The Balaban J connectivity index is 1.88. The van der Waals surface area contributed by atoms with Crippen LogP contribution in [0, 0.1) is 0 Å². The molecule has 0 amide bonds. The Labute approximate surface area is 74.6 Å². The van der Waals surface area contributed by atoms with E-state index in [2.05, 4.69) is 19.0 Å². The lowest BCUT2D eigenvalue weighted by molar-refractivity contribution is 0.0134. The van der Waals surface area contributed by atoms with Crippen LogP contribution < -0.4 is 0 Å². The van der Waals surface area contributed by atoms with E-state index in [-0.39, 0.29) is 0 Å². The summed E-state index contributed by atoms with van der Waals surface area (Å²) >= 11 is 0. The highest BCUT2D eigenvalue weighted by atomic mass is 16.5. The van der Waals surface area contributed by atoms with Gasteiger partial charge in [-0.25, -0.2) is 0 Å². The Kier molecular flexibility index (Phi) is 4.58. The van der Waals surface area contributed by atoms with Crippen molar-refractivity contribution in [2.45, 2.75) is 18.9 Å². The van der Waals surface area contributed by atoms with Gasteiger partial charge >= 0.3 is 0 Å². The maximum Gasteiger partial charge on any atom is 0.0809 e. The van der Waals surface area contributed by atoms with Crippen LogP contribution in [0.25, 0.3) is 0 Å². The lowest BCUT2D eigenvalue weighted by atomic mass is 10.2. The lowest BCUT2D eigenvalue weighted by Gasteiger charge is -2.12. The van der Waals surface area contributed by atoms with Crippen LogP contribution in [0.2, 0.25) is 0 Å². The Morgan fingerprint density at radius 2 is 2.33 bits per heavy atom.